The number of urea groups is 1. The van der Waals surface area contributed by atoms with Crippen LogP contribution in [0.4, 0.5) is 10.5 Å². The molecule has 1 aromatic heterocycles. The molecule has 2 N–H and O–H groups in total. The minimum absolute atomic E-state index is 0.230. The Balaban J connectivity index is 1.84. The van der Waals surface area contributed by atoms with Gasteiger partial charge in [0.1, 0.15) is 0 Å². The molecule has 19 heavy (non-hydrogen) atoms. The summed E-state index contributed by atoms with van der Waals surface area (Å²) in [5, 5.41) is 5.54. The second-order valence-corrected chi connectivity index (χ2v) is 4.48. The summed E-state index contributed by atoms with van der Waals surface area (Å²) >= 11 is 0. The van der Waals surface area contributed by atoms with E-state index in [4.69, 9.17) is 0 Å². The molecule has 0 spiro atoms. The fourth-order valence-corrected chi connectivity index (χ4v) is 1.61. The standard InChI is InChI=1S/C15H17N3O/c1-11-3-6-13(7-4-11)9-17-15(19)18-14-8-5-12(2)16-10-14/h3-8,10H,9H2,1-2H3,(H2,17,18,19). The number of hydrogen-bond donors (Lipinski definition) is 2. The van der Waals surface area contributed by atoms with Crippen LogP contribution < -0.4 is 10.6 Å². The summed E-state index contributed by atoms with van der Waals surface area (Å²) in [7, 11) is 0. The van der Waals surface area contributed by atoms with E-state index in [0.717, 1.165) is 11.3 Å². The molecule has 0 aliphatic heterocycles. The Morgan fingerprint density at radius 2 is 1.84 bits per heavy atom. The quantitative estimate of drug-likeness (QED) is 0.885. The molecule has 0 atom stereocenters. The molecule has 1 heterocycles. The lowest BCUT2D eigenvalue weighted by atomic mass is 10.1. The lowest BCUT2D eigenvalue weighted by Crippen LogP contribution is -2.28. The summed E-state index contributed by atoms with van der Waals surface area (Å²) < 4.78 is 0. The van der Waals surface area contributed by atoms with Gasteiger partial charge in [-0.05, 0) is 31.5 Å². The van der Waals surface area contributed by atoms with E-state index < -0.39 is 0 Å². The number of aromatic nitrogens is 1. The Kier molecular flexibility index (Phi) is 4.13. The first-order valence-corrected chi connectivity index (χ1v) is 6.16. The lowest BCUT2D eigenvalue weighted by molar-refractivity contribution is 0.251. The Morgan fingerprint density at radius 3 is 2.47 bits per heavy atom. The van der Waals surface area contributed by atoms with Crippen molar-refractivity contribution in [3.05, 3.63) is 59.4 Å². The van der Waals surface area contributed by atoms with Crippen molar-refractivity contribution in [2.45, 2.75) is 20.4 Å². The Bertz CT molecular complexity index is 547. The van der Waals surface area contributed by atoms with E-state index in [1.807, 2.05) is 50.2 Å². The smallest absolute Gasteiger partial charge is 0.319 e. The third-order valence-electron chi connectivity index (χ3n) is 2.74. The highest BCUT2D eigenvalue weighted by Gasteiger charge is 2.01. The van der Waals surface area contributed by atoms with E-state index >= 15 is 0 Å². The zero-order valence-electron chi connectivity index (χ0n) is 11.1. The second-order valence-electron chi connectivity index (χ2n) is 4.48. The molecular weight excluding hydrogens is 238 g/mol. The first kappa shape index (κ1) is 13.1. The van der Waals surface area contributed by atoms with Crippen molar-refractivity contribution >= 4 is 11.7 Å². The van der Waals surface area contributed by atoms with Crippen LogP contribution in [0.5, 0.6) is 0 Å². The monoisotopic (exact) mass is 255 g/mol. The summed E-state index contributed by atoms with van der Waals surface area (Å²) in [6.07, 6.45) is 1.64. The highest BCUT2D eigenvalue weighted by molar-refractivity contribution is 5.88. The van der Waals surface area contributed by atoms with Gasteiger partial charge in [-0.2, -0.15) is 0 Å². The maximum absolute atomic E-state index is 11.7. The number of rotatable bonds is 3. The molecule has 1 aromatic carbocycles. The zero-order valence-corrected chi connectivity index (χ0v) is 11.1. The summed E-state index contributed by atoms with van der Waals surface area (Å²) in [4.78, 5) is 15.8. The van der Waals surface area contributed by atoms with E-state index in [-0.39, 0.29) is 6.03 Å². The van der Waals surface area contributed by atoms with Crippen molar-refractivity contribution in [3.63, 3.8) is 0 Å². The number of anilines is 1. The van der Waals surface area contributed by atoms with Gasteiger partial charge in [0.15, 0.2) is 0 Å². The molecule has 98 valence electrons. The van der Waals surface area contributed by atoms with E-state index in [0.29, 0.717) is 12.2 Å². The van der Waals surface area contributed by atoms with Crippen molar-refractivity contribution in [3.8, 4) is 0 Å². The van der Waals surface area contributed by atoms with Crippen LogP contribution in [-0.2, 0) is 6.54 Å². The second kappa shape index (κ2) is 6.00. The van der Waals surface area contributed by atoms with Crippen LogP contribution >= 0.6 is 0 Å². The summed E-state index contributed by atoms with van der Waals surface area (Å²) in [5.74, 6) is 0. The molecule has 4 heteroatoms. The van der Waals surface area contributed by atoms with Gasteiger partial charge in [-0.1, -0.05) is 29.8 Å². The number of amides is 2. The van der Waals surface area contributed by atoms with Crippen LogP contribution in [0.1, 0.15) is 16.8 Å². The molecule has 0 aliphatic rings. The Labute approximate surface area is 112 Å². The predicted octanol–water partition coefficient (Wildman–Crippen LogP) is 3.02. The lowest BCUT2D eigenvalue weighted by Gasteiger charge is -2.07. The normalized spacial score (nSPS) is 10.0. The predicted molar refractivity (Wildman–Crippen MR) is 76.0 cm³/mol. The van der Waals surface area contributed by atoms with Gasteiger partial charge < -0.3 is 10.6 Å². The molecule has 0 fully saturated rings. The number of nitrogens with zero attached hydrogens (tertiary/aromatic N) is 1. The Morgan fingerprint density at radius 1 is 1.11 bits per heavy atom. The molecule has 2 aromatic rings. The fraction of sp³-hybridized carbons (Fsp3) is 0.200. The van der Waals surface area contributed by atoms with Crippen molar-refractivity contribution in [2.24, 2.45) is 0 Å². The van der Waals surface area contributed by atoms with Crippen LogP contribution in [0.15, 0.2) is 42.6 Å². The molecule has 0 unspecified atom stereocenters. The van der Waals surface area contributed by atoms with Gasteiger partial charge in [-0.15, -0.1) is 0 Å². The topological polar surface area (TPSA) is 54.0 Å². The van der Waals surface area contributed by atoms with Gasteiger partial charge in [0.05, 0.1) is 11.9 Å². The summed E-state index contributed by atoms with van der Waals surface area (Å²) in [6, 6.07) is 11.5. The number of carbonyl (C=O) groups is 1. The number of pyridine rings is 1. The van der Waals surface area contributed by atoms with E-state index in [9.17, 15) is 4.79 Å². The third-order valence-corrected chi connectivity index (χ3v) is 2.74. The van der Waals surface area contributed by atoms with Crippen molar-refractivity contribution < 1.29 is 4.79 Å². The van der Waals surface area contributed by atoms with Crippen LogP contribution in [0.3, 0.4) is 0 Å². The molecule has 0 saturated heterocycles. The zero-order chi connectivity index (χ0) is 13.7. The molecule has 4 nitrogen and oxygen atoms in total. The van der Waals surface area contributed by atoms with Crippen LogP contribution in [0, 0.1) is 13.8 Å². The van der Waals surface area contributed by atoms with E-state index in [1.54, 1.807) is 6.20 Å². The SMILES string of the molecule is Cc1ccc(CNC(=O)Nc2ccc(C)nc2)cc1. The number of aryl methyl sites for hydroxylation is 2. The molecule has 2 amide bonds. The average Bonchev–Trinajstić information content (AvgIpc) is 2.41. The molecular formula is C15H17N3O. The van der Waals surface area contributed by atoms with Crippen molar-refractivity contribution in [1.82, 2.24) is 10.3 Å². The van der Waals surface area contributed by atoms with Crippen molar-refractivity contribution in [1.29, 1.82) is 0 Å². The third kappa shape index (κ3) is 4.10. The van der Waals surface area contributed by atoms with E-state index in [1.165, 1.54) is 5.56 Å². The molecule has 0 saturated carbocycles. The first-order valence-electron chi connectivity index (χ1n) is 6.16. The fourth-order valence-electron chi connectivity index (χ4n) is 1.61. The number of carbonyl (C=O) groups excluding carboxylic acids is 1. The first-order chi connectivity index (χ1) is 9.13. The molecule has 0 bridgehead atoms. The highest BCUT2D eigenvalue weighted by Crippen LogP contribution is 2.06. The van der Waals surface area contributed by atoms with Gasteiger partial charge in [0.2, 0.25) is 0 Å². The average molecular weight is 255 g/mol. The molecule has 0 radical (unpaired) electrons. The molecule has 2 rings (SSSR count). The van der Waals surface area contributed by atoms with Gasteiger partial charge in [0, 0.05) is 12.2 Å². The molecule has 0 aliphatic carbocycles. The van der Waals surface area contributed by atoms with Crippen LogP contribution in [-0.4, -0.2) is 11.0 Å². The van der Waals surface area contributed by atoms with Crippen molar-refractivity contribution in [2.75, 3.05) is 5.32 Å². The van der Waals surface area contributed by atoms with Gasteiger partial charge in [-0.3, -0.25) is 4.98 Å². The minimum Gasteiger partial charge on any atom is -0.334 e. The number of nitrogens with one attached hydrogen (secondary N) is 2. The number of hydrogen-bond acceptors (Lipinski definition) is 2. The minimum atomic E-state index is -0.230. The summed E-state index contributed by atoms with van der Waals surface area (Å²) in [5.41, 5.74) is 3.89. The van der Waals surface area contributed by atoms with Gasteiger partial charge in [0.25, 0.3) is 0 Å². The number of benzene rings is 1. The van der Waals surface area contributed by atoms with Crippen LogP contribution in [0.25, 0.3) is 0 Å². The Hall–Kier alpha value is -2.36. The maximum atomic E-state index is 11.7. The summed E-state index contributed by atoms with van der Waals surface area (Å²) in [6.45, 7) is 4.45. The largest absolute Gasteiger partial charge is 0.334 e. The van der Waals surface area contributed by atoms with Gasteiger partial charge in [-0.25, -0.2) is 4.79 Å². The maximum Gasteiger partial charge on any atom is 0.319 e. The van der Waals surface area contributed by atoms with Crippen LogP contribution in [0.2, 0.25) is 0 Å². The van der Waals surface area contributed by atoms with Gasteiger partial charge >= 0.3 is 6.03 Å². The highest BCUT2D eigenvalue weighted by atomic mass is 16.2. The van der Waals surface area contributed by atoms with E-state index in [2.05, 4.69) is 15.6 Å².